The molecule has 1 amide bonds. The number of nitrogens with zero attached hydrogens (tertiary/aromatic N) is 1. The van der Waals surface area contributed by atoms with E-state index < -0.39 is 11.8 Å². The third kappa shape index (κ3) is 4.17. The number of carbonyl (C=O) groups is 2. The fraction of sp³-hybridized carbons (Fsp3) is 0.263. The second-order valence-electron chi connectivity index (χ2n) is 5.89. The minimum absolute atomic E-state index is 0.154. The Morgan fingerprint density at radius 3 is 2.60 bits per heavy atom. The molecule has 2 aromatic carbocycles. The summed E-state index contributed by atoms with van der Waals surface area (Å²) in [7, 11) is 0. The molecule has 0 unspecified atom stereocenters. The van der Waals surface area contributed by atoms with Gasteiger partial charge in [-0.3, -0.25) is 4.79 Å². The van der Waals surface area contributed by atoms with Crippen LogP contribution < -0.4 is 0 Å². The van der Waals surface area contributed by atoms with Crippen LogP contribution in [0.3, 0.4) is 0 Å². The molecule has 6 heteroatoms. The van der Waals surface area contributed by atoms with Crippen LogP contribution in [-0.2, 0) is 22.7 Å². The first-order valence-electron chi connectivity index (χ1n) is 8.01. The molecule has 0 spiro atoms. The normalized spacial score (nSPS) is 14.0. The lowest BCUT2D eigenvalue weighted by molar-refractivity contribution is -0.128. The number of hydrogen-bond acceptors (Lipinski definition) is 3. The van der Waals surface area contributed by atoms with E-state index in [1.165, 1.54) is 12.1 Å². The minimum Gasteiger partial charge on any atom is -0.457 e. The van der Waals surface area contributed by atoms with Crippen molar-refractivity contribution >= 4 is 23.5 Å². The Hall–Kier alpha value is -2.40. The number of esters is 1. The maximum absolute atomic E-state index is 13.7. The Morgan fingerprint density at radius 1 is 1.20 bits per heavy atom. The van der Waals surface area contributed by atoms with Gasteiger partial charge in [-0.1, -0.05) is 29.8 Å². The fourth-order valence-electron chi connectivity index (χ4n) is 2.73. The lowest BCUT2D eigenvalue weighted by Gasteiger charge is -2.15. The lowest BCUT2D eigenvalue weighted by Crippen LogP contribution is -2.23. The van der Waals surface area contributed by atoms with Crippen LogP contribution in [0.15, 0.2) is 42.5 Å². The SMILES string of the molecule is O=C(OCc1c(F)cccc1Cl)c1ccc(CN2CCCC2=O)cc1. The highest BCUT2D eigenvalue weighted by Gasteiger charge is 2.20. The molecule has 0 radical (unpaired) electrons. The molecule has 0 saturated carbocycles. The van der Waals surface area contributed by atoms with E-state index >= 15 is 0 Å². The lowest BCUT2D eigenvalue weighted by atomic mass is 10.1. The zero-order valence-electron chi connectivity index (χ0n) is 13.5. The highest BCUT2D eigenvalue weighted by molar-refractivity contribution is 6.31. The Bertz CT molecular complexity index is 772. The van der Waals surface area contributed by atoms with Crippen molar-refractivity contribution in [3.8, 4) is 0 Å². The van der Waals surface area contributed by atoms with E-state index in [0.29, 0.717) is 18.5 Å². The minimum atomic E-state index is -0.553. The Kier molecular flexibility index (Phi) is 5.34. The van der Waals surface area contributed by atoms with Crippen molar-refractivity contribution in [3.05, 3.63) is 70.0 Å². The molecule has 2 aromatic rings. The summed E-state index contributed by atoms with van der Waals surface area (Å²) in [5.74, 6) is -0.903. The number of carbonyl (C=O) groups excluding carboxylic acids is 2. The summed E-state index contributed by atoms with van der Waals surface area (Å²) in [6, 6.07) is 11.2. The van der Waals surface area contributed by atoms with Gasteiger partial charge >= 0.3 is 5.97 Å². The van der Waals surface area contributed by atoms with Crippen molar-refractivity contribution in [2.24, 2.45) is 0 Å². The molecule has 1 fully saturated rings. The van der Waals surface area contributed by atoms with Gasteiger partial charge in [0.2, 0.25) is 5.91 Å². The van der Waals surface area contributed by atoms with Crippen LogP contribution in [-0.4, -0.2) is 23.3 Å². The van der Waals surface area contributed by atoms with Crippen molar-refractivity contribution in [1.82, 2.24) is 4.90 Å². The fourth-order valence-corrected chi connectivity index (χ4v) is 2.95. The van der Waals surface area contributed by atoms with Gasteiger partial charge in [-0.2, -0.15) is 0 Å². The van der Waals surface area contributed by atoms with Gasteiger partial charge in [-0.25, -0.2) is 9.18 Å². The van der Waals surface area contributed by atoms with E-state index in [1.54, 1.807) is 35.2 Å². The highest BCUT2D eigenvalue weighted by atomic mass is 35.5. The van der Waals surface area contributed by atoms with Crippen molar-refractivity contribution in [2.75, 3.05) is 6.54 Å². The summed E-state index contributed by atoms with van der Waals surface area (Å²) >= 11 is 5.91. The number of benzene rings is 2. The van der Waals surface area contributed by atoms with Crippen LogP contribution in [0, 0.1) is 5.82 Å². The molecule has 0 atom stereocenters. The number of ether oxygens (including phenoxy) is 1. The second kappa shape index (κ2) is 7.66. The van der Waals surface area contributed by atoms with E-state index in [2.05, 4.69) is 0 Å². The van der Waals surface area contributed by atoms with Crippen molar-refractivity contribution in [3.63, 3.8) is 0 Å². The molecular weight excluding hydrogens is 345 g/mol. The standard InChI is InChI=1S/C19H17ClFNO3/c20-16-3-1-4-17(21)15(16)12-25-19(24)14-8-6-13(7-9-14)11-22-10-2-5-18(22)23/h1,3-4,6-9H,2,5,10-12H2. The van der Waals surface area contributed by atoms with Crippen LogP contribution in [0.25, 0.3) is 0 Å². The zero-order valence-corrected chi connectivity index (χ0v) is 14.3. The predicted octanol–water partition coefficient (Wildman–Crippen LogP) is 3.96. The van der Waals surface area contributed by atoms with Gasteiger partial charge in [0, 0.05) is 25.1 Å². The summed E-state index contributed by atoms with van der Waals surface area (Å²) in [4.78, 5) is 25.5. The molecule has 1 saturated heterocycles. The first-order valence-corrected chi connectivity index (χ1v) is 8.39. The zero-order chi connectivity index (χ0) is 17.8. The van der Waals surface area contributed by atoms with Crippen molar-refractivity contribution < 1.29 is 18.7 Å². The average Bonchev–Trinajstić information content (AvgIpc) is 3.00. The number of amides is 1. The van der Waals surface area contributed by atoms with Crippen LogP contribution in [0.1, 0.15) is 34.3 Å². The number of halogens is 2. The van der Waals surface area contributed by atoms with E-state index in [0.717, 1.165) is 18.5 Å². The van der Waals surface area contributed by atoms with Crippen LogP contribution in [0.5, 0.6) is 0 Å². The second-order valence-corrected chi connectivity index (χ2v) is 6.30. The van der Waals surface area contributed by atoms with Gasteiger partial charge in [0.1, 0.15) is 12.4 Å². The van der Waals surface area contributed by atoms with E-state index in [-0.39, 0.29) is 23.1 Å². The molecule has 1 aliphatic rings. The van der Waals surface area contributed by atoms with Gasteiger partial charge in [0.05, 0.1) is 10.6 Å². The topological polar surface area (TPSA) is 46.6 Å². The monoisotopic (exact) mass is 361 g/mol. The maximum Gasteiger partial charge on any atom is 0.338 e. The molecule has 0 aliphatic carbocycles. The Morgan fingerprint density at radius 2 is 1.96 bits per heavy atom. The van der Waals surface area contributed by atoms with Crippen molar-refractivity contribution in [1.29, 1.82) is 0 Å². The van der Waals surface area contributed by atoms with E-state index in [4.69, 9.17) is 16.3 Å². The molecule has 3 rings (SSSR count). The van der Waals surface area contributed by atoms with Gasteiger partial charge in [-0.05, 0) is 36.2 Å². The molecule has 4 nitrogen and oxygen atoms in total. The van der Waals surface area contributed by atoms with Gasteiger partial charge < -0.3 is 9.64 Å². The number of rotatable bonds is 5. The third-order valence-electron chi connectivity index (χ3n) is 4.14. The van der Waals surface area contributed by atoms with Gasteiger partial charge in [0.15, 0.2) is 0 Å². The molecule has 0 N–H and O–H groups in total. The molecule has 130 valence electrons. The smallest absolute Gasteiger partial charge is 0.338 e. The van der Waals surface area contributed by atoms with Gasteiger partial charge in [-0.15, -0.1) is 0 Å². The molecule has 0 bridgehead atoms. The van der Waals surface area contributed by atoms with Crippen LogP contribution in [0.2, 0.25) is 5.02 Å². The van der Waals surface area contributed by atoms with Crippen LogP contribution >= 0.6 is 11.6 Å². The number of hydrogen-bond donors (Lipinski definition) is 0. The highest BCUT2D eigenvalue weighted by Crippen LogP contribution is 2.20. The largest absolute Gasteiger partial charge is 0.457 e. The average molecular weight is 362 g/mol. The summed E-state index contributed by atoms with van der Waals surface area (Å²) in [5, 5.41) is 0.221. The maximum atomic E-state index is 13.7. The van der Waals surface area contributed by atoms with Crippen LogP contribution in [0.4, 0.5) is 4.39 Å². The third-order valence-corrected chi connectivity index (χ3v) is 4.50. The summed E-state index contributed by atoms with van der Waals surface area (Å²) in [6.45, 7) is 1.08. The summed E-state index contributed by atoms with van der Waals surface area (Å²) in [5.41, 5.74) is 1.47. The summed E-state index contributed by atoms with van der Waals surface area (Å²) in [6.07, 6.45) is 1.49. The first-order chi connectivity index (χ1) is 12.0. The summed E-state index contributed by atoms with van der Waals surface area (Å²) < 4.78 is 18.8. The predicted molar refractivity (Wildman–Crippen MR) is 91.6 cm³/mol. The Balaban J connectivity index is 1.60. The molecule has 1 aliphatic heterocycles. The number of likely N-dealkylation sites (tertiary alicyclic amines) is 1. The van der Waals surface area contributed by atoms with Crippen molar-refractivity contribution in [2.45, 2.75) is 26.0 Å². The van der Waals surface area contributed by atoms with Gasteiger partial charge in [0.25, 0.3) is 0 Å². The Labute approximate surface area is 150 Å². The molecular formula is C19H17ClFNO3. The molecule has 0 aromatic heterocycles. The quantitative estimate of drug-likeness (QED) is 0.757. The van der Waals surface area contributed by atoms with E-state index in [1.807, 2.05) is 0 Å². The molecule has 1 heterocycles. The first kappa shape index (κ1) is 17.4. The molecule has 25 heavy (non-hydrogen) atoms. The van der Waals surface area contributed by atoms with E-state index in [9.17, 15) is 14.0 Å².